The topological polar surface area (TPSA) is 93.0 Å². The molecule has 0 bridgehead atoms. The van der Waals surface area contributed by atoms with Crippen LogP contribution in [0.1, 0.15) is 26.3 Å². The number of amides is 2. The SMILES string of the molecule is CN(C)C(=O)c1ccc(CNC(=O)c2ccccc2-n2cnnn2)cc1. The fraction of sp³-hybridized carbons (Fsp3) is 0.167. The molecule has 0 saturated heterocycles. The van der Waals surface area contributed by atoms with Crippen molar-refractivity contribution in [3.63, 3.8) is 0 Å². The van der Waals surface area contributed by atoms with Crippen LogP contribution in [0.2, 0.25) is 0 Å². The number of para-hydroxylation sites is 1. The van der Waals surface area contributed by atoms with Gasteiger partial charge in [0.1, 0.15) is 6.33 Å². The molecule has 1 aromatic heterocycles. The lowest BCUT2D eigenvalue weighted by Gasteiger charge is -2.11. The van der Waals surface area contributed by atoms with E-state index in [1.165, 1.54) is 15.9 Å². The molecule has 8 heteroatoms. The van der Waals surface area contributed by atoms with Crippen LogP contribution in [0.5, 0.6) is 0 Å². The third-order valence-electron chi connectivity index (χ3n) is 3.80. The number of rotatable bonds is 5. The summed E-state index contributed by atoms with van der Waals surface area (Å²) >= 11 is 0. The second kappa shape index (κ2) is 7.56. The highest BCUT2D eigenvalue weighted by Gasteiger charge is 2.13. The van der Waals surface area contributed by atoms with Crippen LogP contribution < -0.4 is 5.32 Å². The van der Waals surface area contributed by atoms with Crippen molar-refractivity contribution in [3.8, 4) is 5.69 Å². The number of nitrogens with one attached hydrogen (secondary N) is 1. The number of aromatic nitrogens is 4. The van der Waals surface area contributed by atoms with Crippen LogP contribution in [0, 0.1) is 0 Å². The summed E-state index contributed by atoms with van der Waals surface area (Å²) in [5.41, 5.74) is 2.57. The van der Waals surface area contributed by atoms with Gasteiger partial charge < -0.3 is 10.2 Å². The minimum atomic E-state index is -0.232. The van der Waals surface area contributed by atoms with E-state index in [-0.39, 0.29) is 11.8 Å². The van der Waals surface area contributed by atoms with Crippen LogP contribution in [-0.2, 0) is 6.54 Å². The third-order valence-corrected chi connectivity index (χ3v) is 3.80. The van der Waals surface area contributed by atoms with Gasteiger partial charge in [-0.15, -0.1) is 5.10 Å². The van der Waals surface area contributed by atoms with Gasteiger partial charge in [-0.2, -0.15) is 4.68 Å². The molecule has 3 rings (SSSR count). The zero-order chi connectivity index (χ0) is 18.5. The summed E-state index contributed by atoms with van der Waals surface area (Å²) in [7, 11) is 3.41. The largest absolute Gasteiger partial charge is 0.348 e. The van der Waals surface area contributed by atoms with Crippen LogP contribution in [0.4, 0.5) is 0 Å². The van der Waals surface area contributed by atoms with Gasteiger partial charge in [0.05, 0.1) is 11.3 Å². The van der Waals surface area contributed by atoms with E-state index in [1.807, 2.05) is 18.2 Å². The molecule has 0 radical (unpaired) electrons. The first-order valence-corrected chi connectivity index (χ1v) is 7.97. The van der Waals surface area contributed by atoms with Crippen molar-refractivity contribution in [3.05, 3.63) is 71.5 Å². The maximum absolute atomic E-state index is 12.5. The molecule has 8 nitrogen and oxygen atoms in total. The zero-order valence-electron chi connectivity index (χ0n) is 14.5. The molecule has 0 aliphatic carbocycles. The lowest BCUT2D eigenvalue weighted by atomic mass is 10.1. The highest BCUT2D eigenvalue weighted by Crippen LogP contribution is 2.13. The number of benzene rings is 2. The van der Waals surface area contributed by atoms with Crippen molar-refractivity contribution in [1.82, 2.24) is 30.4 Å². The number of tetrazole rings is 1. The van der Waals surface area contributed by atoms with Gasteiger partial charge >= 0.3 is 0 Å². The van der Waals surface area contributed by atoms with Gasteiger partial charge in [0.2, 0.25) is 0 Å². The average Bonchev–Trinajstić information content (AvgIpc) is 3.20. The van der Waals surface area contributed by atoms with Gasteiger partial charge in [-0.3, -0.25) is 9.59 Å². The Kier molecular flexibility index (Phi) is 5.02. The van der Waals surface area contributed by atoms with Crippen LogP contribution in [-0.4, -0.2) is 51.0 Å². The minimum Gasteiger partial charge on any atom is -0.348 e. The molecule has 0 spiro atoms. The average molecular weight is 350 g/mol. The first kappa shape index (κ1) is 17.3. The van der Waals surface area contributed by atoms with Crippen molar-refractivity contribution < 1.29 is 9.59 Å². The normalized spacial score (nSPS) is 10.4. The second-order valence-corrected chi connectivity index (χ2v) is 5.85. The number of carbonyl (C=O) groups is 2. The van der Waals surface area contributed by atoms with E-state index in [9.17, 15) is 9.59 Å². The second-order valence-electron chi connectivity index (χ2n) is 5.85. The molecule has 0 aliphatic heterocycles. The number of nitrogens with zero attached hydrogens (tertiary/aromatic N) is 5. The standard InChI is InChI=1S/C18H18N6O2/c1-23(2)18(26)14-9-7-13(8-10-14)11-19-17(25)15-5-3-4-6-16(15)24-12-20-21-22-24/h3-10,12H,11H2,1-2H3,(H,19,25). The fourth-order valence-electron chi connectivity index (χ4n) is 2.44. The van der Waals surface area contributed by atoms with Crippen LogP contribution in [0.25, 0.3) is 5.69 Å². The first-order valence-electron chi connectivity index (χ1n) is 7.97. The van der Waals surface area contributed by atoms with Gasteiger partial charge in [-0.05, 0) is 40.3 Å². The molecule has 2 amide bonds. The summed E-state index contributed by atoms with van der Waals surface area (Å²) in [4.78, 5) is 26.0. The van der Waals surface area contributed by atoms with E-state index < -0.39 is 0 Å². The molecule has 1 heterocycles. The van der Waals surface area contributed by atoms with Gasteiger partial charge in [-0.1, -0.05) is 24.3 Å². The van der Waals surface area contributed by atoms with E-state index in [1.54, 1.807) is 44.4 Å². The highest BCUT2D eigenvalue weighted by molar-refractivity contribution is 5.97. The van der Waals surface area contributed by atoms with E-state index in [2.05, 4.69) is 20.8 Å². The maximum Gasteiger partial charge on any atom is 0.253 e. The number of hydrogen-bond donors (Lipinski definition) is 1. The summed E-state index contributed by atoms with van der Waals surface area (Å²) < 4.78 is 1.44. The number of carbonyl (C=O) groups excluding carboxylic acids is 2. The zero-order valence-corrected chi connectivity index (χ0v) is 14.5. The summed E-state index contributed by atoms with van der Waals surface area (Å²) in [6, 6.07) is 14.2. The monoisotopic (exact) mass is 350 g/mol. The molecular formula is C18H18N6O2. The molecule has 0 aliphatic rings. The molecule has 0 unspecified atom stereocenters. The van der Waals surface area contributed by atoms with E-state index in [0.717, 1.165) is 5.56 Å². The Labute approximate surface area is 150 Å². The molecule has 0 fully saturated rings. The minimum absolute atomic E-state index is 0.0593. The fourth-order valence-corrected chi connectivity index (χ4v) is 2.44. The van der Waals surface area contributed by atoms with Crippen molar-refractivity contribution in [1.29, 1.82) is 0 Å². The molecule has 26 heavy (non-hydrogen) atoms. The molecule has 0 saturated carbocycles. The molecule has 2 aromatic carbocycles. The van der Waals surface area contributed by atoms with Crippen molar-refractivity contribution >= 4 is 11.8 Å². The quantitative estimate of drug-likeness (QED) is 0.748. The van der Waals surface area contributed by atoms with Gasteiger partial charge in [0, 0.05) is 26.2 Å². The Bertz CT molecular complexity index is 904. The smallest absolute Gasteiger partial charge is 0.253 e. The molecule has 1 N–H and O–H groups in total. The Morgan fingerprint density at radius 3 is 2.46 bits per heavy atom. The predicted octanol–water partition coefficient (Wildman–Crippen LogP) is 1.29. The third kappa shape index (κ3) is 3.75. The van der Waals surface area contributed by atoms with Crippen molar-refractivity contribution in [2.45, 2.75) is 6.54 Å². The van der Waals surface area contributed by atoms with E-state index in [4.69, 9.17) is 0 Å². The van der Waals surface area contributed by atoms with Crippen LogP contribution in [0.3, 0.4) is 0 Å². The van der Waals surface area contributed by atoms with Crippen LogP contribution in [0.15, 0.2) is 54.9 Å². The van der Waals surface area contributed by atoms with Gasteiger partial charge in [-0.25, -0.2) is 0 Å². The highest BCUT2D eigenvalue weighted by atomic mass is 16.2. The van der Waals surface area contributed by atoms with Gasteiger partial charge in [0.25, 0.3) is 11.8 Å². The van der Waals surface area contributed by atoms with Crippen molar-refractivity contribution in [2.24, 2.45) is 0 Å². The van der Waals surface area contributed by atoms with E-state index >= 15 is 0 Å². The Hall–Kier alpha value is -3.55. The lowest BCUT2D eigenvalue weighted by Crippen LogP contribution is -2.24. The summed E-state index contributed by atoms with van der Waals surface area (Å²) in [5.74, 6) is -0.291. The Morgan fingerprint density at radius 1 is 1.08 bits per heavy atom. The Balaban J connectivity index is 1.69. The molecular weight excluding hydrogens is 332 g/mol. The lowest BCUT2D eigenvalue weighted by molar-refractivity contribution is 0.0827. The first-order chi connectivity index (χ1) is 12.6. The van der Waals surface area contributed by atoms with Crippen LogP contribution >= 0.6 is 0 Å². The van der Waals surface area contributed by atoms with Crippen molar-refractivity contribution in [2.75, 3.05) is 14.1 Å². The maximum atomic E-state index is 12.5. The summed E-state index contributed by atoms with van der Waals surface area (Å²) in [6.45, 7) is 0.346. The number of hydrogen-bond acceptors (Lipinski definition) is 5. The predicted molar refractivity (Wildman–Crippen MR) is 94.8 cm³/mol. The summed E-state index contributed by atoms with van der Waals surface area (Å²) in [6.07, 6.45) is 1.44. The Morgan fingerprint density at radius 2 is 1.81 bits per heavy atom. The molecule has 3 aromatic rings. The molecule has 132 valence electrons. The molecule has 0 atom stereocenters. The summed E-state index contributed by atoms with van der Waals surface area (Å²) in [5, 5.41) is 13.9. The van der Waals surface area contributed by atoms with E-state index in [0.29, 0.717) is 23.4 Å². The van der Waals surface area contributed by atoms with Gasteiger partial charge in [0.15, 0.2) is 0 Å².